The number of fused-ring (bicyclic) bond motifs is 1. The summed E-state index contributed by atoms with van der Waals surface area (Å²) < 4.78 is 68.2. The number of nitrogens with one attached hydrogen (secondary N) is 2. The van der Waals surface area contributed by atoms with E-state index in [0.717, 1.165) is 50.1 Å². The Morgan fingerprint density at radius 2 is 1.67 bits per heavy atom. The first kappa shape index (κ1) is 38.9. The van der Waals surface area contributed by atoms with Crippen LogP contribution >= 0.6 is 7.60 Å². The van der Waals surface area contributed by atoms with Crippen LogP contribution in [0.25, 0.3) is 11.1 Å². The molecule has 12 nitrogen and oxygen atoms in total. The lowest BCUT2D eigenvalue weighted by Crippen LogP contribution is -2.24. The van der Waals surface area contributed by atoms with Crippen molar-refractivity contribution < 1.29 is 31.6 Å². The summed E-state index contributed by atoms with van der Waals surface area (Å²) in [6, 6.07) is 10.1. The Labute approximate surface area is 302 Å². The molecule has 2 aromatic heterocycles. The maximum Gasteiger partial charge on any atom is 0.421 e. The molecular formula is C36H46F3N8O4P. The summed E-state index contributed by atoms with van der Waals surface area (Å²) >= 11 is 0. The summed E-state index contributed by atoms with van der Waals surface area (Å²) in [6.45, 7) is 12.4. The van der Waals surface area contributed by atoms with Crippen molar-refractivity contribution in [2.75, 3.05) is 50.5 Å². The fourth-order valence-corrected chi connectivity index (χ4v) is 7.85. The molecule has 1 amide bonds. The highest BCUT2D eigenvalue weighted by molar-refractivity contribution is 7.53. The number of hydrogen-bond donors (Lipinski definition) is 2. The topological polar surface area (TPSA) is 127 Å². The highest BCUT2D eigenvalue weighted by atomic mass is 31.2. The molecule has 0 atom stereocenters. The summed E-state index contributed by atoms with van der Waals surface area (Å²) in [5.41, 5.74) is 2.87. The van der Waals surface area contributed by atoms with Crippen molar-refractivity contribution in [3.05, 3.63) is 77.2 Å². The van der Waals surface area contributed by atoms with Gasteiger partial charge in [0, 0.05) is 43.8 Å². The average Bonchev–Trinajstić information content (AvgIpc) is 3.69. The minimum Gasteiger partial charge on any atom is -0.339 e. The van der Waals surface area contributed by atoms with E-state index in [4.69, 9.17) is 9.05 Å². The van der Waals surface area contributed by atoms with Gasteiger partial charge in [0.2, 0.25) is 5.95 Å². The normalized spacial score (nSPS) is 13.2. The zero-order valence-electron chi connectivity index (χ0n) is 30.2. The van der Waals surface area contributed by atoms with E-state index < -0.39 is 25.2 Å². The van der Waals surface area contributed by atoms with Gasteiger partial charge in [-0.1, -0.05) is 32.0 Å². The third-order valence-electron chi connectivity index (χ3n) is 8.80. The van der Waals surface area contributed by atoms with Gasteiger partial charge < -0.3 is 29.5 Å². The minimum absolute atomic E-state index is 0.0658. The first-order chi connectivity index (χ1) is 24.9. The third kappa shape index (κ3) is 9.37. The molecule has 1 aliphatic heterocycles. The van der Waals surface area contributed by atoms with Crippen molar-refractivity contribution >= 4 is 36.6 Å². The lowest BCUT2D eigenvalue weighted by atomic mass is 9.97. The Kier molecular flexibility index (Phi) is 12.7. The summed E-state index contributed by atoms with van der Waals surface area (Å²) in [5, 5.41) is 10.3. The zero-order valence-corrected chi connectivity index (χ0v) is 31.1. The highest BCUT2D eigenvalue weighted by Gasteiger charge is 2.37. The van der Waals surface area contributed by atoms with Crippen LogP contribution in [0.3, 0.4) is 0 Å². The van der Waals surface area contributed by atoms with Gasteiger partial charge in [-0.25, -0.2) is 4.98 Å². The maximum atomic E-state index is 14.2. The molecule has 2 aromatic carbocycles. The first-order valence-corrected chi connectivity index (χ1v) is 19.2. The Bertz CT molecular complexity index is 1870. The Hall–Kier alpha value is -4.30. The van der Waals surface area contributed by atoms with Crippen LogP contribution in [0.5, 0.6) is 0 Å². The molecule has 0 bridgehead atoms. The summed E-state index contributed by atoms with van der Waals surface area (Å²) in [4.78, 5) is 25.4. The van der Waals surface area contributed by atoms with E-state index in [0.29, 0.717) is 23.0 Å². The van der Waals surface area contributed by atoms with Gasteiger partial charge in [0.25, 0.3) is 5.91 Å². The average molecular weight is 743 g/mol. The van der Waals surface area contributed by atoms with E-state index in [2.05, 4.69) is 44.4 Å². The SMILES string of the molecule is CCOP(=O)(Cc1ccc(Nc2ncc(C(F)(F)F)c(Nc3ccc(-c4cnn(CCCCN(CC)CC)c4)c4c3C(=O)N(C)C4)n2)cc1)OCC. The van der Waals surface area contributed by atoms with Crippen LogP contribution in [0.4, 0.5) is 36.3 Å². The van der Waals surface area contributed by atoms with Crippen LogP contribution in [0, 0.1) is 0 Å². The van der Waals surface area contributed by atoms with E-state index >= 15 is 0 Å². The number of anilines is 4. The first-order valence-electron chi connectivity index (χ1n) is 17.5. The van der Waals surface area contributed by atoms with Crippen LogP contribution in [-0.2, 0) is 39.0 Å². The molecule has 2 N–H and O–H groups in total. The largest absolute Gasteiger partial charge is 0.421 e. The fraction of sp³-hybridized carbons (Fsp3) is 0.444. The van der Waals surface area contributed by atoms with Gasteiger partial charge in [-0.05, 0) is 81.2 Å². The molecule has 16 heteroatoms. The van der Waals surface area contributed by atoms with Gasteiger partial charge in [0.05, 0.1) is 36.8 Å². The van der Waals surface area contributed by atoms with E-state index in [9.17, 15) is 22.5 Å². The van der Waals surface area contributed by atoms with Gasteiger partial charge in [-0.3, -0.25) is 14.0 Å². The molecule has 0 saturated heterocycles. The number of halogens is 3. The highest BCUT2D eigenvalue weighted by Crippen LogP contribution is 2.51. The number of rotatable bonds is 18. The van der Waals surface area contributed by atoms with Gasteiger partial charge in [-0.15, -0.1) is 0 Å². The van der Waals surface area contributed by atoms with Crippen molar-refractivity contribution in [2.24, 2.45) is 0 Å². The molecule has 0 radical (unpaired) electrons. The lowest BCUT2D eigenvalue weighted by molar-refractivity contribution is -0.137. The maximum absolute atomic E-state index is 14.2. The summed E-state index contributed by atoms with van der Waals surface area (Å²) in [6.07, 6.45) is 1.70. The quantitative estimate of drug-likeness (QED) is 0.0759. The van der Waals surface area contributed by atoms with Crippen LogP contribution in [0.1, 0.15) is 67.6 Å². The Morgan fingerprint density at radius 3 is 2.33 bits per heavy atom. The molecule has 1 aliphatic rings. The Morgan fingerprint density at radius 1 is 0.962 bits per heavy atom. The second-order valence-corrected chi connectivity index (χ2v) is 14.5. The van der Waals surface area contributed by atoms with Crippen molar-refractivity contribution in [3.8, 4) is 11.1 Å². The van der Waals surface area contributed by atoms with Crippen molar-refractivity contribution in [1.82, 2.24) is 29.5 Å². The molecule has 0 aliphatic carbocycles. The molecule has 4 aromatic rings. The number of alkyl halides is 3. The smallest absolute Gasteiger partial charge is 0.339 e. The van der Waals surface area contributed by atoms with Crippen molar-refractivity contribution in [2.45, 2.75) is 66.0 Å². The Balaban J connectivity index is 1.37. The predicted octanol–water partition coefficient (Wildman–Crippen LogP) is 8.32. The van der Waals surface area contributed by atoms with Gasteiger partial charge >= 0.3 is 13.8 Å². The van der Waals surface area contributed by atoms with Crippen LogP contribution in [0.15, 0.2) is 55.0 Å². The lowest BCUT2D eigenvalue weighted by Gasteiger charge is -2.18. The molecule has 280 valence electrons. The van der Waals surface area contributed by atoms with Crippen LogP contribution < -0.4 is 10.6 Å². The van der Waals surface area contributed by atoms with Crippen LogP contribution in [0.2, 0.25) is 0 Å². The number of carbonyl (C=O) groups excluding carboxylic acids is 1. The second-order valence-electron chi connectivity index (χ2n) is 12.4. The van der Waals surface area contributed by atoms with Crippen molar-refractivity contribution in [3.63, 3.8) is 0 Å². The zero-order chi connectivity index (χ0) is 37.5. The molecular weight excluding hydrogens is 696 g/mol. The molecule has 5 rings (SSSR count). The standard InChI is InChI=1S/C36H46F3N8O4P/c1-6-46(7-2)18-10-11-19-47-22-26(20-41-47)28-16-17-31(32-29(28)23-45(5)34(32)48)43-33-30(36(37,38)39)21-40-35(44-33)42-27-14-12-25(13-15-27)24-52(49,50-8-3)51-9-4/h12-17,20-22H,6-11,18-19,23-24H2,1-5H3,(H2,40,42,43,44). The fourth-order valence-electron chi connectivity index (χ4n) is 6.15. The predicted molar refractivity (Wildman–Crippen MR) is 195 cm³/mol. The molecule has 3 heterocycles. The van der Waals surface area contributed by atoms with E-state index in [1.807, 2.05) is 10.9 Å². The number of aryl methyl sites for hydroxylation is 1. The number of nitrogens with zero attached hydrogens (tertiary/aromatic N) is 6. The van der Waals surface area contributed by atoms with Crippen LogP contribution in [-0.4, -0.2) is 75.4 Å². The number of hydrogen-bond acceptors (Lipinski definition) is 10. The van der Waals surface area contributed by atoms with Gasteiger partial charge in [0.1, 0.15) is 11.4 Å². The minimum atomic E-state index is -4.78. The van der Waals surface area contributed by atoms with Gasteiger partial charge in [0.15, 0.2) is 0 Å². The van der Waals surface area contributed by atoms with E-state index in [-0.39, 0.29) is 49.0 Å². The number of benzene rings is 2. The van der Waals surface area contributed by atoms with Gasteiger partial charge in [-0.2, -0.15) is 23.3 Å². The van der Waals surface area contributed by atoms with Crippen molar-refractivity contribution in [1.29, 1.82) is 0 Å². The molecule has 0 unspecified atom stereocenters. The molecule has 0 fully saturated rings. The number of amides is 1. The number of unbranched alkanes of at least 4 members (excludes halogenated alkanes) is 1. The second kappa shape index (κ2) is 17.0. The summed E-state index contributed by atoms with van der Waals surface area (Å²) in [5.74, 6) is -0.924. The van der Waals surface area contributed by atoms with E-state index in [1.165, 1.54) is 4.90 Å². The van der Waals surface area contributed by atoms with E-state index in [1.54, 1.807) is 63.5 Å². The number of carbonyl (C=O) groups is 1. The number of aromatic nitrogens is 4. The molecule has 52 heavy (non-hydrogen) atoms. The summed E-state index contributed by atoms with van der Waals surface area (Å²) in [7, 11) is -1.67. The molecule has 0 spiro atoms. The molecule has 0 saturated carbocycles. The third-order valence-corrected chi connectivity index (χ3v) is 10.9. The monoisotopic (exact) mass is 742 g/mol.